The number of ether oxygens (including phenoxy) is 2. The molecule has 0 spiro atoms. The Labute approximate surface area is 153 Å². The Balaban J connectivity index is 1.67. The largest absolute Gasteiger partial charge is 0.493 e. The van der Waals surface area contributed by atoms with E-state index in [1.165, 1.54) is 19.4 Å². The zero-order valence-corrected chi connectivity index (χ0v) is 14.3. The fourth-order valence-corrected chi connectivity index (χ4v) is 2.19. The quantitative estimate of drug-likeness (QED) is 0.490. The van der Waals surface area contributed by atoms with Gasteiger partial charge >= 0.3 is 0 Å². The number of anilines is 1. The first-order chi connectivity index (χ1) is 13.2. The minimum atomic E-state index is -0.388. The molecular weight excluding hydrogens is 353 g/mol. The molecule has 0 bridgehead atoms. The summed E-state index contributed by atoms with van der Waals surface area (Å²) in [5, 5.41) is 11.1. The number of halogens is 1. The summed E-state index contributed by atoms with van der Waals surface area (Å²) in [6, 6.07) is 11.6. The fourth-order valence-electron chi connectivity index (χ4n) is 2.19. The van der Waals surface area contributed by atoms with Gasteiger partial charge in [0.25, 0.3) is 5.56 Å². The van der Waals surface area contributed by atoms with Crippen molar-refractivity contribution >= 4 is 12.2 Å². The van der Waals surface area contributed by atoms with Gasteiger partial charge in [-0.25, -0.2) is 9.82 Å². The predicted molar refractivity (Wildman–Crippen MR) is 97.6 cm³/mol. The molecule has 2 aromatic carbocycles. The molecular formula is C18H16FN5O3. The Morgan fingerprint density at radius 2 is 2.11 bits per heavy atom. The minimum Gasteiger partial charge on any atom is -0.493 e. The summed E-state index contributed by atoms with van der Waals surface area (Å²) in [5.41, 5.74) is 3.34. The van der Waals surface area contributed by atoms with Crippen molar-refractivity contribution in [3.63, 3.8) is 0 Å². The van der Waals surface area contributed by atoms with Crippen molar-refractivity contribution in [2.75, 3.05) is 12.5 Å². The van der Waals surface area contributed by atoms with Crippen LogP contribution in [-0.2, 0) is 6.61 Å². The van der Waals surface area contributed by atoms with Crippen LogP contribution in [0.2, 0.25) is 0 Å². The Hall–Kier alpha value is -3.75. The van der Waals surface area contributed by atoms with Gasteiger partial charge in [0.15, 0.2) is 11.5 Å². The van der Waals surface area contributed by atoms with E-state index in [9.17, 15) is 9.18 Å². The maximum atomic E-state index is 13.7. The van der Waals surface area contributed by atoms with Crippen molar-refractivity contribution in [1.29, 1.82) is 0 Å². The van der Waals surface area contributed by atoms with E-state index in [1.807, 2.05) is 0 Å². The van der Waals surface area contributed by atoms with Crippen molar-refractivity contribution in [2.45, 2.75) is 6.61 Å². The van der Waals surface area contributed by atoms with E-state index in [1.54, 1.807) is 36.4 Å². The summed E-state index contributed by atoms with van der Waals surface area (Å²) in [4.78, 5) is 13.6. The zero-order chi connectivity index (χ0) is 19.1. The van der Waals surface area contributed by atoms with E-state index in [0.717, 1.165) is 6.20 Å². The van der Waals surface area contributed by atoms with Crippen LogP contribution in [0.4, 0.5) is 10.3 Å². The number of aromatic amines is 1. The van der Waals surface area contributed by atoms with Gasteiger partial charge in [-0.3, -0.25) is 9.78 Å². The number of H-pyrrole nitrogens is 1. The number of benzene rings is 2. The number of hydrogen-bond acceptors (Lipinski definition) is 7. The van der Waals surface area contributed by atoms with Gasteiger partial charge in [-0.2, -0.15) is 5.10 Å². The van der Waals surface area contributed by atoms with Gasteiger partial charge < -0.3 is 9.47 Å². The number of nitrogens with zero attached hydrogens (tertiary/aromatic N) is 3. The molecule has 1 aromatic heterocycles. The Bertz CT molecular complexity index is 1010. The van der Waals surface area contributed by atoms with Crippen molar-refractivity contribution in [3.8, 4) is 11.5 Å². The van der Waals surface area contributed by atoms with Crippen molar-refractivity contribution < 1.29 is 13.9 Å². The summed E-state index contributed by atoms with van der Waals surface area (Å²) in [6.07, 6.45) is 2.57. The molecule has 0 fully saturated rings. The molecule has 0 amide bonds. The van der Waals surface area contributed by atoms with Crippen LogP contribution < -0.4 is 20.5 Å². The third-order valence-electron chi connectivity index (χ3n) is 3.49. The van der Waals surface area contributed by atoms with Gasteiger partial charge in [0.05, 0.1) is 13.3 Å². The number of nitrogens with one attached hydrogen (secondary N) is 2. The number of aromatic nitrogens is 3. The lowest BCUT2D eigenvalue weighted by Crippen LogP contribution is -2.10. The first-order valence-electron chi connectivity index (χ1n) is 7.91. The van der Waals surface area contributed by atoms with Gasteiger partial charge in [-0.1, -0.05) is 18.2 Å². The van der Waals surface area contributed by atoms with Crippen LogP contribution in [0.3, 0.4) is 0 Å². The molecule has 0 atom stereocenters. The van der Waals surface area contributed by atoms with Gasteiger partial charge in [0.2, 0.25) is 5.95 Å². The average molecular weight is 369 g/mol. The molecule has 2 N–H and O–H groups in total. The van der Waals surface area contributed by atoms with Crippen LogP contribution in [-0.4, -0.2) is 28.5 Å². The summed E-state index contributed by atoms with van der Waals surface area (Å²) < 4.78 is 24.6. The third-order valence-corrected chi connectivity index (χ3v) is 3.49. The van der Waals surface area contributed by atoms with Crippen LogP contribution in [0.1, 0.15) is 11.1 Å². The standard InChI is InChI=1S/C18H16FN5O3/c1-26-16-8-12(9-20-23-18-22-17(25)10-21-24-18)6-7-15(16)27-11-13-4-2-3-5-14(13)19/h2-10H,11H2,1H3,(H2,22,23,24,25)/b20-9+. The van der Waals surface area contributed by atoms with Crippen molar-refractivity contribution in [3.05, 3.63) is 76.0 Å². The predicted octanol–water partition coefficient (Wildman–Crippen LogP) is 2.34. The highest BCUT2D eigenvalue weighted by molar-refractivity contribution is 5.81. The number of hydrazone groups is 1. The lowest BCUT2D eigenvalue weighted by Gasteiger charge is -2.11. The topological polar surface area (TPSA) is 101 Å². The van der Waals surface area contributed by atoms with Crippen molar-refractivity contribution in [2.24, 2.45) is 5.10 Å². The van der Waals surface area contributed by atoms with E-state index >= 15 is 0 Å². The monoisotopic (exact) mass is 369 g/mol. The third kappa shape index (κ3) is 4.88. The SMILES string of the molecule is COc1cc(/C=N/Nc2nncc(=O)[nH]2)ccc1OCc1ccccc1F. The molecule has 3 rings (SSSR count). The summed E-state index contributed by atoms with van der Waals surface area (Å²) in [6.45, 7) is 0.0814. The van der Waals surface area contributed by atoms with Gasteiger partial charge in [0, 0.05) is 5.56 Å². The van der Waals surface area contributed by atoms with Gasteiger partial charge in [-0.05, 0) is 29.8 Å². The van der Waals surface area contributed by atoms with Crippen LogP contribution in [0, 0.1) is 5.82 Å². The van der Waals surface area contributed by atoms with Crippen molar-refractivity contribution in [1.82, 2.24) is 15.2 Å². The summed E-state index contributed by atoms with van der Waals surface area (Å²) >= 11 is 0. The lowest BCUT2D eigenvalue weighted by atomic mass is 10.2. The number of rotatable bonds is 7. The molecule has 0 aliphatic carbocycles. The Morgan fingerprint density at radius 1 is 1.26 bits per heavy atom. The Kier molecular flexibility index (Phi) is 5.73. The second-order valence-corrected chi connectivity index (χ2v) is 5.34. The van der Waals surface area contributed by atoms with Gasteiger partial charge in [0.1, 0.15) is 18.6 Å². The van der Waals surface area contributed by atoms with Crippen LogP contribution in [0.5, 0.6) is 11.5 Å². The van der Waals surface area contributed by atoms with Crippen LogP contribution in [0.25, 0.3) is 0 Å². The molecule has 8 nitrogen and oxygen atoms in total. The van der Waals surface area contributed by atoms with E-state index in [4.69, 9.17) is 9.47 Å². The highest BCUT2D eigenvalue weighted by atomic mass is 19.1. The van der Waals surface area contributed by atoms with E-state index < -0.39 is 0 Å². The number of hydrogen-bond donors (Lipinski definition) is 2. The summed E-state index contributed by atoms with van der Waals surface area (Å²) in [7, 11) is 1.51. The smallest absolute Gasteiger partial charge is 0.271 e. The second-order valence-electron chi connectivity index (χ2n) is 5.34. The maximum Gasteiger partial charge on any atom is 0.271 e. The highest BCUT2D eigenvalue weighted by Crippen LogP contribution is 2.28. The molecule has 0 aliphatic heterocycles. The minimum absolute atomic E-state index is 0.0814. The lowest BCUT2D eigenvalue weighted by molar-refractivity contribution is 0.279. The first kappa shape index (κ1) is 18.1. The van der Waals surface area contributed by atoms with E-state index in [0.29, 0.717) is 22.6 Å². The highest BCUT2D eigenvalue weighted by Gasteiger charge is 2.07. The molecule has 9 heteroatoms. The van der Waals surface area contributed by atoms with E-state index in [-0.39, 0.29) is 23.9 Å². The molecule has 0 aliphatic rings. The maximum absolute atomic E-state index is 13.7. The first-order valence-corrected chi connectivity index (χ1v) is 7.91. The molecule has 1 heterocycles. The van der Waals surface area contributed by atoms with Crippen LogP contribution >= 0.6 is 0 Å². The molecule has 0 radical (unpaired) electrons. The van der Waals surface area contributed by atoms with E-state index in [2.05, 4.69) is 25.7 Å². The van der Waals surface area contributed by atoms with Crippen LogP contribution in [0.15, 0.2) is 58.6 Å². The van der Waals surface area contributed by atoms with Gasteiger partial charge in [-0.15, -0.1) is 10.2 Å². The summed E-state index contributed by atoms with van der Waals surface area (Å²) in [5.74, 6) is 0.747. The zero-order valence-electron chi connectivity index (χ0n) is 14.3. The normalized spacial score (nSPS) is 10.7. The molecule has 0 saturated carbocycles. The second kappa shape index (κ2) is 8.56. The number of methoxy groups -OCH3 is 1. The average Bonchev–Trinajstić information content (AvgIpc) is 2.68. The molecule has 138 valence electrons. The molecule has 3 aromatic rings. The fraction of sp³-hybridized carbons (Fsp3) is 0.111. The molecule has 0 unspecified atom stereocenters. The Morgan fingerprint density at radius 3 is 2.89 bits per heavy atom. The molecule has 27 heavy (non-hydrogen) atoms. The molecule has 0 saturated heterocycles.